The van der Waals surface area contributed by atoms with E-state index in [1.165, 1.54) is 19.2 Å². The fourth-order valence-electron chi connectivity index (χ4n) is 2.60. The lowest BCUT2D eigenvalue weighted by Gasteiger charge is -2.22. The van der Waals surface area contributed by atoms with Crippen LogP contribution in [0.3, 0.4) is 0 Å². The lowest BCUT2D eigenvalue weighted by Crippen LogP contribution is -2.38. The summed E-state index contributed by atoms with van der Waals surface area (Å²) in [6.45, 7) is 2.99. The summed E-state index contributed by atoms with van der Waals surface area (Å²) in [5.74, 6) is 0.167. The third-order valence-corrected chi connectivity index (χ3v) is 5.41. The smallest absolute Gasteiger partial charge is 0.251 e. The molecule has 7 nitrogen and oxygen atoms in total. The average Bonchev–Trinajstić information content (AvgIpc) is 2.61. The van der Waals surface area contributed by atoms with Gasteiger partial charge in [-0.3, -0.25) is 4.79 Å². The van der Waals surface area contributed by atoms with E-state index >= 15 is 0 Å². The molecule has 0 saturated carbocycles. The lowest BCUT2D eigenvalue weighted by atomic mass is 10.00. The first-order chi connectivity index (χ1) is 11.5. The highest BCUT2D eigenvalue weighted by Crippen LogP contribution is 2.12. The zero-order valence-electron chi connectivity index (χ0n) is 14.3. The van der Waals surface area contributed by atoms with E-state index in [9.17, 15) is 13.2 Å². The number of rotatable bonds is 8. The Morgan fingerprint density at radius 1 is 1.40 bits per heavy atom. The molecule has 0 aromatic heterocycles. The SMILES string of the molecule is COCCNS(=O)(=O)c1cccc(C(=O)NCC2CCCNC2)c1.Cl. The number of halogens is 1. The minimum Gasteiger partial charge on any atom is -0.383 e. The van der Waals surface area contributed by atoms with Crippen LogP contribution in [0.4, 0.5) is 0 Å². The molecular weight excluding hydrogens is 366 g/mol. The van der Waals surface area contributed by atoms with Gasteiger partial charge in [0.2, 0.25) is 10.0 Å². The maximum absolute atomic E-state index is 12.3. The molecule has 9 heteroatoms. The van der Waals surface area contributed by atoms with Crippen molar-refractivity contribution >= 4 is 28.3 Å². The summed E-state index contributed by atoms with van der Waals surface area (Å²) in [7, 11) is -2.14. The first-order valence-corrected chi connectivity index (χ1v) is 9.59. The number of sulfonamides is 1. The Kier molecular flexibility index (Phi) is 9.37. The first kappa shape index (κ1) is 21.9. The normalized spacial score (nSPS) is 17.6. The van der Waals surface area contributed by atoms with Crippen LogP contribution in [0.2, 0.25) is 0 Å². The molecule has 1 unspecified atom stereocenters. The fourth-order valence-corrected chi connectivity index (χ4v) is 3.66. The molecule has 0 radical (unpaired) electrons. The number of nitrogens with one attached hydrogen (secondary N) is 3. The van der Waals surface area contributed by atoms with Gasteiger partial charge in [0.15, 0.2) is 0 Å². The van der Waals surface area contributed by atoms with Gasteiger partial charge in [-0.1, -0.05) is 6.07 Å². The summed E-state index contributed by atoms with van der Waals surface area (Å²) < 4.78 is 31.6. The standard InChI is InChI=1S/C16H25N3O4S.ClH/c1-23-9-8-19-24(21,22)15-6-2-5-14(10-15)16(20)18-12-13-4-3-7-17-11-13;/h2,5-6,10,13,17,19H,3-4,7-9,11-12H2,1H3,(H,18,20);1H. The number of carbonyl (C=O) groups is 1. The Hall–Kier alpha value is -1.19. The van der Waals surface area contributed by atoms with Crippen molar-refractivity contribution in [2.24, 2.45) is 5.92 Å². The van der Waals surface area contributed by atoms with E-state index < -0.39 is 10.0 Å². The molecular formula is C16H26ClN3O4S. The summed E-state index contributed by atoms with van der Waals surface area (Å²) in [6, 6.07) is 6.05. The highest BCUT2D eigenvalue weighted by Gasteiger charge is 2.17. The van der Waals surface area contributed by atoms with Crippen LogP contribution in [0, 0.1) is 5.92 Å². The highest BCUT2D eigenvalue weighted by atomic mass is 35.5. The molecule has 1 aromatic rings. The molecule has 0 bridgehead atoms. The van der Waals surface area contributed by atoms with Gasteiger partial charge in [-0.2, -0.15) is 0 Å². The summed E-state index contributed by atoms with van der Waals surface area (Å²) in [6.07, 6.45) is 2.20. The number of methoxy groups -OCH3 is 1. The molecule has 1 fully saturated rings. The van der Waals surface area contributed by atoms with Crippen molar-refractivity contribution in [3.05, 3.63) is 29.8 Å². The minimum absolute atomic E-state index is 0. The van der Waals surface area contributed by atoms with Gasteiger partial charge in [0.1, 0.15) is 0 Å². The number of hydrogen-bond donors (Lipinski definition) is 3. The van der Waals surface area contributed by atoms with Crippen LogP contribution in [0.15, 0.2) is 29.2 Å². The van der Waals surface area contributed by atoms with Crippen molar-refractivity contribution in [1.29, 1.82) is 0 Å². The van der Waals surface area contributed by atoms with Crippen LogP contribution in [-0.4, -0.2) is 54.2 Å². The van der Waals surface area contributed by atoms with Crippen molar-refractivity contribution < 1.29 is 17.9 Å². The Morgan fingerprint density at radius 3 is 2.88 bits per heavy atom. The zero-order valence-corrected chi connectivity index (χ0v) is 15.9. The molecule has 1 aromatic carbocycles. The van der Waals surface area contributed by atoms with Crippen molar-refractivity contribution in [3.8, 4) is 0 Å². The molecule has 3 N–H and O–H groups in total. The molecule has 1 saturated heterocycles. The predicted molar refractivity (Wildman–Crippen MR) is 98.7 cm³/mol. The van der Waals surface area contributed by atoms with Crippen molar-refractivity contribution in [2.45, 2.75) is 17.7 Å². The second-order valence-corrected chi connectivity index (χ2v) is 7.61. The first-order valence-electron chi connectivity index (χ1n) is 8.10. The number of hydrogen-bond acceptors (Lipinski definition) is 5. The molecule has 2 rings (SSSR count). The molecule has 0 aliphatic carbocycles. The molecule has 1 atom stereocenters. The Balaban J connectivity index is 0.00000312. The van der Waals surface area contributed by atoms with E-state index in [1.54, 1.807) is 12.1 Å². The molecule has 25 heavy (non-hydrogen) atoms. The third kappa shape index (κ3) is 6.91. The van der Waals surface area contributed by atoms with Gasteiger partial charge in [-0.05, 0) is 50.0 Å². The summed E-state index contributed by atoms with van der Waals surface area (Å²) in [5, 5.41) is 6.19. The minimum atomic E-state index is -3.64. The summed E-state index contributed by atoms with van der Waals surface area (Å²) >= 11 is 0. The molecule has 1 aliphatic heterocycles. The Labute approximate surface area is 155 Å². The maximum Gasteiger partial charge on any atom is 0.251 e. The number of piperidine rings is 1. The van der Waals surface area contributed by atoms with Crippen molar-refractivity contribution in [1.82, 2.24) is 15.4 Å². The summed E-state index contributed by atoms with van der Waals surface area (Å²) in [4.78, 5) is 12.3. The summed E-state index contributed by atoms with van der Waals surface area (Å²) in [5.41, 5.74) is 0.341. The quantitative estimate of drug-likeness (QED) is 0.568. The number of amides is 1. The Bertz CT molecular complexity index is 649. The molecule has 1 heterocycles. The van der Waals surface area contributed by atoms with Gasteiger partial charge in [0.25, 0.3) is 5.91 Å². The topological polar surface area (TPSA) is 96.5 Å². The number of benzene rings is 1. The largest absolute Gasteiger partial charge is 0.383 e. The molecule has 142 valence electrons. The second-order valence-electron chi connectivity index (χ2n) is 5.84. The highest BCUT2D eigenvalue weighted by molar-refractivity contribution is 7.89. The average molecular weight is 392 g/mol. The molecule has 1 amide bonds. The van der Waals surface area contributed by atoms with Crippen LogP contribution in [-0.2, 0) is 14.8 Å². The van der Waals surface area contributed by atoms with E-state index in [2.05, 4.69) is 15.4 Å². The van der Waals surface area contributed by atoms with Crippen molar-refractivity contribution in [2.75, 3.05) is 39.9 Å². The van der Waals surface area contributed by atoms with Crippen LogP contribution >= 0.6 is 12.4 Å². The van der Waals surface area contributed by atoms with Gasteiger partial charge >= 0.3 is 0 Å². The van der Waals surface area contributed by atoms with Crippen LogP contribution in [0.1, 0.15) is 23.2 Å². The van der Waals surface area contributed by atoms with E-state index in [0.717, 1.165) is 25.9 Å². The van der Waals surface area contributed by atoms with Crippen molar-refractivity contribution in [3.63, 3.8) is 0 Å². The zero-order chi connectivity index (χ0) is 17.4. The Morgan fingerprint density at radius 2 is 2.20 bits per heavy atom. The van der Waals surface area contributed by atoms with Gasteiger partial charge in [-0.25, -0.2) is 13.1 Å². The van der Waals surface area contributed by atoms with E-state index in [0.29, 0.717) is 18.0 Å². The number of carbonyl (C=O) groups excluding carboxylic acids is 1. The molecule has 0 spiro atoms. The lowest BCUT2D eigenvalue weighted by molar-refractivity contribution is 0.0944. The van der Waals surface area contributed by atoms with E-state index in [4.69, 9.17) is 4.74 Å². The fraction of sp³-hybridized carbons (Fsp3) is 0.562. The maximum atomic E-state index is 12.3. The molecule has 1 aliphatic rings. The van der Waals surface area contributed by atoms with Crippen LogP contribution in [0.25, 0.3) is 0 Å². The second kappa shape index (κ2) is 10.7. The predicted octanol–water partition coefficient (Wildman–Crippen LogP) is 0.762. The third-order valence-electron chi connectivity index (χ3n) is 3.96. The van der Waals surface area contributed by atoms with E-state index in [-0.39, 0.29) is 36.4 Å². The van der Waals surface area contributed by atoms with E-state index in [1.807, 2.05) is 0 Å². The monoisotopic (exact) mass is 391 g/mol. The van der Waals surface area contributed by atoms with Gasteiger partial charge in [0, 0.05) is 25.8 Å². The van der Waals surface area contributed by atoms with Gasteiger partial charge < -0.3 is 15.4 Å². The van der Waals surface area contributed by atoms with Crippen LogP contribution in [0.5, 0.6) is 0 Å². The van der Waals surface area contributed by atoms with Gasteiger partial charge in [0.05, 0.1) is 11.5 Å². The van der Waals surface area contributed by atoms with Crippen LogP contribution < -0.4 is 15.4 Å². The van der Waals surface area contributed by atoms with Gasteiger partial charge in [-0.15, -0.1) is 12.4 Å². The number of ether oxygens (including phenoxy) is 1.